The zero-order valence-electron chi connectivity index (χ0n) is 20.2. The van der Waals surface area contributed by atoms with Gasteiger partial charge in [0.2, 0.25) is 0 Å². The second-order valence-corrected chi connectivity index (χ2v) is 11.4. The lowest BCUT2D eigenvalue weighted by Crippen LogP contribution is -2.49. The highest BCUT2D eigenvalue weighted by molar-refractivity contribution is 7.91. The van der Waals surface area contributed by atoms with Gasteiger partial charge in [-0.05, 0) is 61.0 Å². The molecule has 0 aliphatic carbocycles. The number of nitrogens with zero attached hydrogens (tertiary/aromatic N) is 3. The van der Waals surface area contributed by atoms with Gasteiger partial charge in [0.1, 0.15) is 35.5 Å². The van der Waals surface area contributed by atoms with Gasteiger partial charge in [0.05, 0.1) is 28.9 Å². The van der Waals surface area contributed by atoms with E-state index < -0.39 is 57.4 Å². The van der Waals surface area contributed by atoms with E-state index in [1.54, 1.807) is 36.4 Å². The van der Waals surface area contributed by atoms with E-state index in [1.807, 2.05) is 0 Å². The number of carbonyl (C=O) groups excluding carboxylic acids is 3. The van der Waals surface area contributed by atoms with Gasteiger partial charge in [0.25, 0.3) is 11.8 Å². The predicted molar refractivity (Wildman–Crippen MR) is 133 cm³/mol. The number of sulfone groups is 1. The van der Waals surface area contributed by atoms with Crippen LogP contribution >= 0.6 is 0 Å². The first-order valence-electron chi connectivity index (χ1n) is 12.0. The van der Waals surface area contributed by atoms with Crippen molar-refractivity contribution in [3.05, 3.63) is 84.0 Å². The smallest absolute Gasteiger partial charge is 0.325 e. The van der Waals surface area contributed by atoms with E-state index in [0.29, 0.717) is 28.6 Å². The highest BCUT2D eigenvalue weighted by atomic mass is 32.2. The molecule has 2 unspecified atom stereocenters. The molecule has 5 heterocycles. The highest BCUT2D eigenvalue weighted by Gasteiger charge is 2.57. The summed E-state index contributed by atoms with van der Waals surface area (Å²) in [5.41, 5.74) is -1.41. The van der Waals surface area contributed by atoms with Gasteiger partial charge in [-0.3, -0.25) is 14.5 Å². The number of rotatable bonds is 5. The summed E-state index contributed by atoms with van der Waals surface area (Å²) in [6, 6.07) is 8.34. The molecule has 3 aromatic rings. The lowest BCUT2D eigenvalue weighted by molar-refractivity contribution is -0.140. The molecule has 39 heavy (non-hydrogen) atoms. The number of imide groups is 1. The maximum Gasteiger partial charge on any atom is 0.325 e. The number of carbonyl (C=O) groups is 3. The van der Waals surface area contributed by atoms with E-state index >= 15 is 0 Å². The summed E-state index contributed by atoms with van der Waals surface area (Å²) in [5, 5.41) is 8.09. The normalized spacial score (nSPS) is 23.9. The Balaban J connectivity index is 1.29. The number of halogens is 1. The average Bonchev–Trinajstić information content (AvgIpc) is 3.70. The third kappa shape index (κ3) is 4.14. The lowest BCUT2D eigenvalue weighted by Gasteiger charge is -2.33. The Morgan fingerprint density at radius 3 is 2.69 bits per heavy atom. The topological polar surface area (TPSA) is 142 Å². The van der Waals surface area contributed by atoms with Gasteiger partial charge in [-0.1, -0.05) is 0 Å². The fourth-order valence-electron chi connectivity index (χ4n) is 5.10. The first-order chi connectivity index (χ1) is 18.7. The molecule has 1 saturated heterocycles. The number of allylic oxidation sites excluding steroid dienone is 1. The molecule has 1 spiro atoms. The molecule has 3 aliphatic rings. The van der Waals surface area contributed by atoms with Crippen molar-refractivity contribution < 1.29 is 36.0 Å². The molecule has 200 valence electrons. The summed E-state index contributed by atoms with van der Waals surface area (Å²) < 4.78 is 50.1. The first kappa shape index (κ1) is 24.8. The summed E-state index contributed by atoms with van der Waals surface area (Å²) in [5.74, 6) is -1.64. The van der Waals surface area contributed by atoms with Gasteiger partial charge in [-0.15, -0.1) is 0 Å². The quantitative estimate of drug-likeness (QED) is 0.379. The molecular formula is C26H21FN4O7S. The van der Waals surface area contributed by atoms with Crippen molar-refractivity contribution in [2.75, 3.05) is 12.3 Å². The molecule has 13 heteroatoms. The Morgan fingerprint density at radius 2 is 1.95 bits per heavy atom. The van der Waals surface area contributed by atoms with E-state index in [9.17, 15) is 27.2 Å². The maximum atomic E-state index is 14.2. The van der Waals surface area contributed by atoms with Crippen LogP contribution in [0.2, 0.25) is 0 Å². The van der Waals surface area contributed by atoms with Crippen LogP contribution in [-0.4, -0.2) is 54.2 Å². The van der Waals surface area contributed by atoms with Crippen molar-refractivity contribution in [1.29, 1.82) is 0 Å². The van der Waals surface area contributed by atoms with Crippen molar-refractivity contribution in [2.24, 2.45) is 5.10 Å². The number of urea groups is 1. The zero-order valence-corrected chi connectivity index (χ0v) is 21.1. The van der Waals surface area contributed by atoms with E-state index in [0.717, 1.165) is 23.2 Å². The lowest BCUT2D eigenvalue weighted by atomic mass is 9.86. The molecule has 0 radical (unpaired) electrons. The van der Waals surface area contributed by atoms with Gasteiger partial charge >= 0.3 is 6.03 Å². The van der Waals surface area contributed by atoms with Gasteiger partial charge in [-0.25, -0.2) is 22.6 Å². The van der Waals surface area contributed by atoms with Crippen LogP contribution in [0.5, 0.6) is 0 Å². The number of hydrogen-bond acceptors (Lipinski definition) is 8. The van der Waals surface area contributed by atoms with Crippen molar-refractivity contribution in [1.82, 2.24) is 15.2 Å². The molecule has 1 aromatic carbocycles. The van der Waals surface area contributed by atoms with Crippen molar-refractivity contribution >= 4 is 39.5 Å². The van der Waals surface area contributed by atoms with Crippen LogP contribution in [0.3, 0.4) is 0 Å². The number of fused-ring (bicyclic) bond motifs is 2. The highest BCUT2D eigenvalue weighted by Crippen LogP contribution is 2.42. The summed E-state index contributed by atoms with van der Waals surface area (Å²) >= 11 is 0. The summed E-state index contributed by atoms with van der Waals surface area (Å²) in [4.78, 5) is 40.5. The molecule has 3 aliphatic heterocycles. The Hall–Kier alpha value is -4.52. The second-order valence-electron chi connectivity index (χ2n) is 9.35. The summed E-state index contributed by atoms with van der Waals surface area (Å²) in [7, 11) is -3.78. The first-order valence-corrected chi connectivity index (χ1v) is 13.6. The molecule has 0 bridgehead atoms. The summed E-state index contributed by atoms with van der Waals surface area (Å²) in [6.45, 7) is -0.667. The number of hydrogen-bond donors (Lipinski definition) is 1. The predicted octanol–water partition coefficient (Wildman–Crippen LogP) is 2.98. The molecule has 4 amide bonds. The SMILES string of the molecule is O=C1NC2(CCS(=O)(=O)c3ccc(F)cc32)C(=O)N1CC(=O)N1N=C(C=Cc2ccco2)CC1c1ccco1. The number of furan rings is 2. The number of nitrogens with one attached hydrogen (secondary N) is 1. The maximum absolute atomic E-state index is 14.2. The van der Waals surface area contributed by atoms with Crippen molar-refractivity contribution in [2.45, 2.75) is 29.3 Å². The van der Waals surface area contributed by atoms with Crippen LogP contribution < -0.4 is 5.32 Å². The number of amides is 4. The fraction of sp³-hybridized carbons (Fsp3) is 0.231. The second kappa shape index (κ2) is 9.05. The third-order valence-electron chi connectivity index (χ3n) is 7.00. The number of benzene rings is 1. The van der Waals surface area contributed by atoms with Crippen LogP contribution in [-0.2, 0) is 25.0 Å². The molecule has 2 atom stereocenters. The van der Waals surface area contributed by atoms with E-state index in [4.69, 9.17) is 8.83 Å². The van der Waals surface area contributed by atoms with Gasteiger partial charge < -0.3 is 14.2 Å². The van der Waals surface area contributed by atoms with Crippen molar-refractivity contribution in [3.63, 3.8) is 0 Å². The van der Waals surface area contributed by atoms with Crippen LogP contribution in [0.15, 0.2) is 79.9 Å². The molecule has 0 saturated carbocycles. The summed E-state index contributed by atoms with van der Waals surface area (Å²) in [6.07, 6.45) is 6.39. The molecule has 1 fully saturated rings. The van der Waals surface area contributed by atoms with Crippen LogP contribution in [0.4, 0.5) is 9.18 Å². The monoisotopic (exact) mass is 552 g/mol. The Morgan fingerprint density at radius 1 is 1.15 bits per heavy atom. The fourth-order valence-corrected chi connectivity index (χ4v) is 6.74. The minimum absolute atomic E-state index is 0.153. The van der Waals surface area contributed by atoms with Gasteiger partial charge in [0.15, 0.2) is 9.84 Å². The standard InChI is InChI=1S/C26H21FN4O7S/c27-16-5-8-22-19(13-16)26(9-12-39(22,35)36)24(33)30(25(34)28-26)15-23(32)31-20(21-4-2-11-38-21)14-17(29-31)6-7-18-3-1-10-37-18/h1-8,10-11,13,20H,9,12,14-15H2,(H,28,34). The zero-order chi connectivity index (χ0) is 27.4. The minimum atomic E-state index is -3.78. The van der Waals surface area contributed by atoms with Crippen LogP contribution in [0.1, 0.15) is 36.0 Å². The third-order valence-corrected chi connectivity index (χ3v) is 8.76. The Bertz CT molecular complexity index is 1650. The largest absolute Gasteiger partial charge is 0.467 e. The molecule has 2 aromatic heterocycles. The Kier molecular flexibility index (Phi) is 5.75. The van der Waals surface area contributed by atoms with E-state index in [1.165, 1.54) is 12.5 Å². The van der Waals surface area contributed by atoms with Gasteiger partial charge in [-0.2, -0.15) is 5.10 Å². The van der Waals surface area contributed by atoms with Gasteiger partial charge in [0, 0.05) is 12.0 Å². The minimum Gasteiger partial charge on any atom is -0.467 e. The number of hydrazone groups is 1. The molecule has 1 N–H and O–H groups in total. The Labute approximate surface area is 221 Å². The van der Waals surface area contributed by atoms with Crippen LogP contribution in [0.25, 0.3) is 6.08 Å². The van der Waals surface area contributed by atoms with Crippen molar-refractivity contribution in [3.8, 4) is 0 Å². The molecule has 6 rings (SSSR count). The van der Waals surface area contributed by atoms with E-state index in [2.05, 4.69) is 10.4 Å². The average molecular weight is 553 g/mol. The van der Waals surface area contributed by atoms with E-state index in [-0.39, 0.29) is 16.9 Å². The molecule has 11 nitrogen and oxygen atoms in total. The molecular weight excluding hydrogens is 531 g/mol. The van der Waals surface area contributed by atoms with Crippen LogP contribution in [0, 0.1) is 5.82 Å².